The van der Waals surface area contributed by atoms with Gasteiger partial charge in [0, 0.05) is 25.7 Å². The largest absolute Gasteiger partial charge is 0.342 e. The van der Waals surface area contributed by atoms with Crippen LogP contribution in [0.4, 0.5) is 0 Å². The van der Waals surface area contributed by atoms with Crippen LogP contribution >= 0.6 is 12.4 Å². The van der Waals surface area contributed by atoms with Crippen molar-refractivity contribution in [2.75, 3.05) is 32.7 Å². The van der Waals surface area contributed by atoms with Gasteiger partial charge in [0.05, 0.1) is 6.54 Å². The second-order valence-electron chi connectivity index (χ2n) is 5.87. The molecule has 0 aliphatic carbocycles. The van der Waals surface area contributed by atoms with Crippen molar-refractivity contribution in [3.05, 3.63) is 0 Å². The number of likely N-dealkylation sites (tertiary alicyclic amines) is 1. The maximum absolute atomic E-state index is 12.4. The first kappa shape index (κ1) is 19.7. The van der Waals surface area contributed by atoms with E-state index >= 15 is 0 Å². The van der Waals surface area contributed by atoms with Crippen LogP contribution in [0.5, 0.6) is 0 Å². The first-order valence-corrected chi connectivity index (χ1v) is 7.84. The molecule has 1 aliphatic rings. The molecule has 2 N–H and O–H groups in total. The normalized spacial score (nSPS) is 23.2. The van der Waals surface area contributed by atoms with Crippen LogP contribution in [0.2, 0.25) is 0 Å². The Labute approximate surface area is 130 Å². The van der Waals surface area contributed by atoms with Crippen molar-refractivity contribution >= 4 is 18.3 Å². The van der Waals surface area contributed by atoms with Crippen molar-refractivity contribution in [1.82, 2.24) is 9.80 Å². The molecule has 0 saturated carbocycles. The van der Waals surface area contributed by atoms with Gasteiger partial charge in [-0.2, -0.15) is 0 Å². The maximum Gasteiger partial charge on any atom is 0.236 e. The summed E-state index contributed by atoms with van der Waals surface area (Å²) in [6.45, 7) is 10.5. The molecule has 0 spiro atoms. The highest BCUT2D eigenvalue weighted by Gasteiger charge is 2.27. The number of halogens is 1. The molecule has 4 nitrogen and oxygen atoms in total. The number of carbonyl (C=O) groups is 1. The molecular formula is C15H32ClN3O. The quantitative estimate of drug-likeness (QED) is 0.784. The summed E-state index contributed by atoms with van der Waals surface area (Å²) in [5, 5.41) is 0. The average Bonchev–Trinajstić information content (AvgIpc) is 2.40. The molecule has 2 unspecified atom stereocenters. The summed E-state index contributed by atoms with van der Waals surface area (Å²) >= 11 is 0. The lowest BCUT2D eigenvalue weighted by atomic mass is 9.92. The number of carbonyl (C=O) groups excluding carboxylic acids is 1. The van der Waals surface area contributed by atoms with E-state index in [1.165, 1.54) is 6.42 Å². The van der Waals surface area contributed by atoms with Gasteiger partial charge < -0.3 is 10.6 Å². The van der Waals surface area contributed by atoms with Gasteiger partial charge in [-0.1, -0.05) is 20.8 Å². The van der Waals surface area contributed by atoms with Gasteiger partial charge in [-0.15, -0.1) is 12.4 Å². The third-order valence-corrected chi connectivity index (χ3v) is 4.05. The van der Waals surface area contributed by atoms with Crippen LogP contribution in [0.15, 0.2) is 0 Å². The van der Waals surface area contributed by atoms with Gasteiger partial charge in [0.25, 0.3) is 0 Å². The van der Waals surface area contributed by atoms with Crippen LogP contribution in [0, 0.1) is 5.92 Å². The van der Waals surface area contributed by atoms with Crippen molar-refractivity contribution in [2.45, 2.75) is 52.5 Å². The lowest BCUT2D eigenvalue weighted by molar-refractivity contribution is -0.133. The number of rotatable bonds is 7. The zero-order valence-electron chi connectivity index (χ0n) is 13.3. The Kier molecular flexibility index (Phi) is 10.2. The highest BCUT2D eigenvalue weighted by molar-refractivity contribution is 5.85. The lowest BCUT2D eigenvalue weighted by Crippen LogP contribution is -2.51. The van der Waals surface area contributed by atoms with E-state index in [1.807, 2.05) is 4.90 Å². The Morgan fingerprint density at radius 2 is 1.90 bits per heavy atom. The molecule has 0 aromatic rings. The number of hydrogen-bond donors (Lipinski definition) is 1. The highest BCUT2D eigenvalue weighted by atomic mass is 35.5. The van der Waals surface area contributed by atoms with Crippen molar-refractivity contribution in [3.8, 4) is 0 Å². The summed E-state index contributed by atoms with van der Waals surface area (Å²) < 4.78 is 0. The first-order chi connectivity index (χ1) is 9.12. The summed E-state index contributed by atoms with van der Waals surface area (Å²) in [4.78, 5) is 16.7. The topological polar surface area (TPSA) is 49.6 Å². The molecule has 1 amide bonds. The highest BCUT2D eigenvalue weighted by Crippen LogP contribution is 2.21. The van der Waals surface area contributed by atoms with Gasteiger partial charge in [0.2, 0.25) is 5.91 Å². The van der Waals surface area contributed by atoms with Crippen LogP contribution in [-0.4, -0.2) is 54.5 Å². The van der Waals surface area contributed by atoms with Gasteiger partial charge >= 0.3 is 0 Å². The summed E-state index contributed by atoms with van der Waals surface area (Å²) in [7, 11) is 0. The summed E-state index contributed by atoms with van der Waals surface area (Å²) in [6.07, 6.45) is 4.38. The molecule has 1 fully saturated rings. The molecule has 1 heterocycles. The van der Waals surface area contributed by atoms with Crippen molar-refractivity contribution in [2.24, 2.45) is 11.7 Å². The van der Waals surface area contributed by atoms with E-state index in [1.54, 1.807) is 0 Å². The molecule has 0 aromatic heterocycles. The minimum atomic E-state index is 0. The summed E-state index contributed by atoms with van der Waals surface area (Å²) in [6, 6.07) is 0.387. The number of piperidine rings is 1. The predicted octanol–water partition coefficient (Wildman–Crippen LogP) is 2.12. The fraction of sp³-hybridized carbons (Fsp3) is 0.933. The van der Waals surface area contributed by atoms with Crippen LogP contribution in [0.1, 0.15) is 46.5 Å². The zero-order valence-corrected chi connectivity index (χ0v) is 14.1. The van der Waals surface area contributed by atoms with E-state index in [-0.39, 0.29) is 18.3 Å². The molecule has 0 radical (unpaired) electrons. The van der Waals surface area contributed by atoms with Crippen LogP contribution in [-0.2, 0) is 4.79 Å². The van der Waals surface area contributed by atoms with E-state index < -0.39 is 0 Å². The number of amides is 1. The SMILES string of the molecule is CCCN(CCC)C(=O)CN1CCC(C)CC1CN.Cl. The summed E-state index contributed by atoms with van der Waals surface area (Å²) in [5.41, 5.74) is 5.86. The molecule has 0 bridgehead atoms. The molecule has 1 rings (SSSR count). The second-order valence-corrected chi connectivity index (χ2v) is 5.87. The standard InChI is InChI=1S/C15H31N3O.ClH/c1-4-7-17(8-5-2)15(19)12-18-9-6-13(3)10-14(18)11-16;/h13-14H,4-12,16H2,1-3H3;1H. The second kappa shape index (κ2) is 10.4. The maximum atomic E-state index is 12.4. The van der Waals surface area contributed by atoms with E-state index in [0.717, 1.165) is 44.8 Å². The number of nitrogens with two attached hydrogens (primary N) is 1. The predicted molar refractivity (Wildman–Crippen MR) is 87.2 cm³/mol. The molecule has 1 saturated heterocycles. The minimum Gasteiger partial charge on any atom is -0.342 e. The van der Waals surface area contributed by atoms with E-state index in [4.69, 9.17) is 5.73 Å². The number of hydrogen-bond acceptors (Lipinski definition) is 3. The van der Waals surface area contributed by atoms with Crippen molar-refractivity contribution in [1.29, 1.82) is 0 Å². The molecule has 0 aromatic carbocycles. The van der Waals surface area contributed by atoms with Crippen molar-refractivity contribution in [3.63, 3.8) is 0 Å². The Morgan fingerprint density at radius 3 is 2.40 bits per heavy atom. The molecule has 5 heteroatoms. The lowest BCUT2D eigenvalue weighted by Gasteiger charge is -2.38. The minimum absolute atomic E-state index is 0. The molecule has 120 valence electrons. The van der Waals surface area contributed by atoms with Gasteiger partial charge in [-0.3, -0.25) is 9.69 Å². The zero-order chi connectivity index (χ0) is 14.3. The monoisotopic (exact) mass is 305 g/mol. The molecule has 1 aliphatic heterocycles. The Hall–Kier alpha value is -0.320. The van der Waals surface area contributed by atoms with Gasteiger partial charge in [-0.05, 0) is 38.1 Å². The fourth-order valence-corrected chi connectivity index (χ4v) is 2.93. The smallest absolute Gasteiger partial charge is 0.236 e. The van der Waals surface area contributed by atoms with Gasteiger partial charge in [0.1, 0.15) is 0 Å². The van der Waals surface area contributed by atoms with Crippen LogP contribution in [0.3, 0.4) is 0 Å². The molecule has 20 heavy (non-hydrogen) atoms. The first-order valence-electron chi connectivity index (χ1n) is 7.84. The van der Waals surface area contributed by atoms with Gasteiger partial charge in [-0.25, -0.2) is 0 Å². The van der Waals surface area contributed by atoms with Gasteiger partial charge in [0.15, 0.2) is 0 Å². The van der Waals surface area contributed by atoms with Crippen molar-refractivity contribution < 1.29 is 4.79 Å². The third kappa shape index (κ3) is 5.98. The number of nitrogens with zero attached hydrogens (tertiary/aromatic N) is 2. The molecule has 2 atom stereocenters. The fourth-order valence-electron chi connectivity index (χ4n) is 2.93. The Balaban J connectivity index is 0.00000361. The van der Waals surface area contributed by atoms with E-state index in [9.17, 15) is 4.79 Å². The van der Waals surface area contributed by atoms with Crippen LogP contribution in [0.25, 0.3) is 0 Å². The summed E-state index contributed by atoms with van der Waals surface area (Å²) in [5.74, 6) is 1.01. The third-order valence-electron chi connectivity index (χ3n) is 4.05. The molecular weight excluding hydrogens is 274 g/mol. The van der Waals surface area contributed by atoms with E-state index in [2.05, 4.69) is 25.7 Å². The van der Waals surface area contributed by atoms with Crippen LogP contribution < -0.4 is 5.73 Å². The Bertz CT molecular complexity index is 270. The average molecular weight is 306 g/mol. The Morgan fingerprint density at radius 1 is 1.30 bits per heavy atom. The van der Waals surface area contributed by atoms with E-state index in [0.29, 0.717) is 19.1 Å².